The van der Waals surface area contributed by atoms with Crippen LogP contribution in [0.3, 0.4) is 0 Å². The molecule has 86 valence electrons. The summed E-state index contributed by atoms with van der Waals surface area (Å²) >= 11 is 0. The second-order valence-corrected chi connectivity index (χ2v) is 5.07. The average molecular weight is 210 g/mol. The van der Waals surface area contributed by atoms with Gasteiger partial charge in [0.25, 0.3) is 0 Å². The molecule has 1 heterocycles. The molecule has 0 unspecified atom stereocenters. The van der Waals surface area contributed by atoms with Gasteiger partial charge in [0.2, 0.25) is 5.91 Å². The predicted molar refractivity (Wildman–Crippen MR) is 62.7 cm³/mol. The quantitative estimate of drug-likeness (QED) is 0.692. The molecule has 0 radical (unpaired) electrons. The zero-order valence-corrected chi connectivity index (χ0v) is 10.0. The van der Waals surface area contributed by atoms with E-state index in [9.17, 15) is 4.79 Å². The molecule has 0 aromatic rings. The fourth-order valence-corrected chi connectivity index (χ4v) is 1.50. The van der Waals surface area contributed by atoms with E-state index in [-0.39, 0.29) is 11.3 Å². The molecular weight excluding hydrogens is 188 g/mol. The Balaban J connectivity index is 2.21. The van der Waals surface area contributed by atoms with Gasteiger partial charge in [0.15, 0.2) is 0 Å². The summed E-state index contributed by atoms with van der Waals surface area (Å²) in [5.41, 5.74) is 1.19. The molecule has 15 heavy (non-hydrogen) atoms. The third-order valence-electron chi connectivity index (χ3n) is 2.57. The number of rotatable bonds is 3. The minimum absolute atomic E-state index is 0.136. The molecule has 0 spiro atoms. The maximum absolute atomic E-state index is 11.6. The van der Waals surface area contributed by atoms with Gasteiger partial charge >= 0.3 is 0 Å². The fraction of sp³-hybridized carbons (Fsp3) is 0.750. The molecule has 0 aliphatic carbocycles. The zero-order valence-electron chi connectivity index (χ0n) is 10.0. The van der Waals surface area contributed by atoms with Crippen LogP contribution in [-0.2, 0) is 4.79 Å². The van der Waals surface area contributed by atoms with Gasteiger partial charge in [0.05, 0.1) is 0 Å². The van der Waals surface area contributed by atoms with Gasteiger partial charge in [0.1, 0.15) is 0 Å². The molecule has 1 aliphatic rings. The van der Waals surface area contributed by atoms with Gasteiger partial charge < -0.3 is 10.6 Å². The normalized spacial score (nSPS) is 17.1. The molecule has 0 saturated heterocycles. The van der Waals surface area contributed by atoms with Crippen molar-refractivity contribution in [1.82, 2.24) is 10.6 Å². The third-order valence-corrected chi connectivity index (χ3v) is 2.57. The molecule has 1 rings (SSSR count). The van der Waals surface area contributed by atoms with Crippen molar-refractivity contribution in [2.75, 3.05) is 19.6 Å². The molecule has 3 heteroatoms. The van der Waals surface area contributed by atoms with Gasteiger partial charge in [-0.3, -0.25) is 4.79 Å². The molecule has 1 aliphatic heterocycles. The number of hydrogen-bond acceptors (Lipinski definition) is 2. The first-order chi connectivity index (χ1) is 7.00. The van der Waals surface area contributed by atoms with E-state index in [1.54, 1.807) is 0 Å². The molecule has 0 atom stereocenters. The smallest absolute Gasteiger partial charge is 0.225 e. The Morgan fingerprint density at radius 2 is 2.27 bits per heavy atom. The zero-order chi connectivity index (χ0) is 11.3. The number of nitrogens with one attached hydrogen (secondary N) is 2. The minimum atomic E-state index is -0.275. The van der Waals surface area contributed by atoms with Crippen LogP contribution in [0.5, 0.6) is 0 Å². The predicted octanol–water partition coefficient (Wildman–Crippen LogP) is 1.46. The maximum Gasteiger partial charge on any atom is 0.225 e. The van der Waals surface area contributed by atoms with E-state index >= 15 is 0 Å². The highest BCUT2D eigenvalue weighted by molar-refractivity contribution is 5.81. The van der Waals surface area contributed by atoms with Crippen molar-refractivity contribution in [2.45, 2.75) is 33.6 Å². The standard InChI is InChI=1S/C12H22N2O/c1-12(2,3)11(15)14-9-6-10-4-7-13-8-5-10/h4,13H,5-9H2,1-3H3,(H,14,15). The molecule has 0 saturated carbocycles. The van der Waals surface area contributed by atoms with E-state index in [0.29, 0.717) is 0 Å². The number of carbonyl (C=O) groups excluding carboxylic acids is 1. The van der Waals surface area contributed by atoms with Crippen LogP contribution in [0, 0.1) is 5.41 Å². The molecule has 2 N–H and O–H groups in total. The second-order valence-electron chi connectivity index (χ2n) is 5.07. The summed E-state index contributed by atoms with van der Waals surface area (Å²) in [7, 11) is 0. The highest BCUT2D eigenvalue weighted by Crippen LogP contribution is 2.13. The van der Waals surface area contributed by atoms with Crippen LogP contribution in [0.2, 0.25) is 0 Å². The minimum Gasteiger partial charge on any atom is -0.355 e. The molecule has 1 amide bonds. The molecule has 3 nitrogen and oxygen atoms in total. The summed E-state index contributed by atoms with van der Waals surface area (Å²) in [4.78, 5) is 11.6. The van der Waals surface area contributed by atoms with Gasteiger partial charge in [-0.15, -0.1) is 0 Å². The van der Waals surface area contributed by atoms with Crippen LogP contribution in [0.15, 0.2) is 11.6 Å². The van der Waals surface area contributed by atoms with Crippen LogP contribution in [-0.4, -0.2) is 25.5 Å². The van der Waals surface area contributed by atoms with Crippen molar-refractivity contribution >= 4 is 5.91 Å². The lowest BCUT2D eigenvalue weighted by Crippen LogP contribution is -2.35. The Morgan fingerprint density at radius 1 is 1.53 bits per heavy atom. The van der Waals surface area contributed by atoms with E-state index in [1.165, 1.54) is 5.57 Å². The molecular formula is C12H22N2O. The Morgan fingerprint density at radius 3 is 2.80 bits per heavy atom. The van der Waals surface area contributed by atoms with Crippen molar-refractivity contribution in [2.24, 2.45) is 5.41 Å². The van der Waals surface area contributed by atoms with Crippen LogP contribution in [0.1, 0.15) is 33.6 Å². The summed E-state index contributed by atoms with van der Waals surface area (Å²) in [5, 5.41) is 6.24. The highest BCUT2D eigenvalue weighted by Gasteiger charge is 2.20. The summed E-state index contributed by atoms with van der Waals surface area (Å²) < 4.78 is 0. The van der Waals surface area contributed by atoms with Gasteiger partial charge in [-0.2, -0.15) is 0 Å². The number of carbonyl (C=O) groups is 1. The summed E-state index contributed by atoms with van der Waals surface area (Å²) in [6.07, 6.45) is 4.33. The third kappa shape index (κ3) is 4.47. The highest BCUT2D eigenvalue weighted by atomic mass is 16.2. The number of hydrogen-bond donors (Lipinski definition) is 2. The van der Waals surface area contributed by atoms with Crippen molar-refractivity contribution in [3.05, 3.63) is 11.6 Å². The monoisotopic (exact) mass is 210 g/mol. The van der Waals surface area contributed by atoms with Crippen LogP contribution >= 0.6 is 0 Å². The van der Waals surface area contributed by atoms with Crippen LogP contribution in [0.25, 0.3) is 0 Å². The first-order valence-electron chi connectivity index (χ1n) is 5.67. The van der Waals surface area contributed by atoms with E-state index in [2.05, 4.69) is 16.7 Å². The first-order valence-corrected chi connectivity index (χ1v) is 5.67. The topological polar surface area (TPSA) is 41.1 Å². The lowest BCUT2D eigenvalue weighted by atomic mass is 9.95. The largest absolute Gasteiger partial charge is 0.355 e. The number of amides is 1. The summed E-state index contributed by atoms with van der Waals surface area (Å²) in [6, 6.07) is 0. The summed E-state index contributed by atoms with van der Waals surface area (Å²) in [5.74, 6) is 0.136. The molecule has 0 aromatic carbocycles. The summed E-state index contributed by atoms with van der Waals surface area (Å²) in [6.45, 7) is 8.62. The van der Waals surface area contributed by atoms with Crippen LogP contribution in [0.4, 0.5) is 0 Å². The van der Waals surface area contributed by atoms with Crippen molar-refractivity contribution < 1.29 is 4.79 Å². The average Bonchev–Trinajstić information content (AvgIpc) is 2.18. The molecule has 0 aromatic heterocycles. The van der Waals surface area contributed by atoms with E-state index in [0.717, 1.165) is 32.5 Å². The van der Waals surface area contributed by atoms with E-state index in [1.807, 2.05) is 20.8 Å². The second kappa shape index (κ2) is 5.31. The van der Waals surface area contributed by atoms with Crippen molar-refractivity contribution in [3.8, 4) is 0 Å². The Bertz CT molecular complexity index is 251. The van der Waals surface area contributed by atoms with Crippen LogP contribution < -0.4 is 10.6 Å². The van der Waals surface area contributed by atoms with Crippen molar-refractivity contribution in [1.29, 1.82) is 0 Å². The van der Waals surface area contributed by atoms with Gasteiger partial charge in [-0.25, -0.2) is 0 Å². The SMILES string of the molecule is CC(C)(C)C(=O)NCCC1=CCNCC1. The molecule has 0 bridgehead atoms. The Labute approximate surface area is 92.3 Å². The Hall–Kier alpha value is -0.830. The maximum atomic E-state index is 11.6. The fourth-order valence-electron chi connectivity index (χ4n) is 1.50. The van der Waals surface area contributed by atoms with Gasteiger partial charge in [-0.1, -0.05) is 32.4 Å². The molecule has 0 fully saturated rings. The lowest BCUT2D eigenvalue weighted by Gasteiger charge is -2.19. The van der Waals surface area contributed by atoms with Gasteiger partial charge in [-0.05, 0) is 19.4 Å². The first kappa shape index (κ1) is 12.2. The Kier molecular flexibility index (Phi) is 4.33. The van der Waals surface area contributed by atoms with E-state index < -0.39 is 0 Å². The van der Waals surface area contributed by atoms with Gasteiger partial charge in [0, 0.05) is 18.5 Å². The van der Waals surface area contributed by atoms with Crippen molar-refractivity contribution in [3.63, 3.8) is 0 Å². The van der Waals surface area contributed by atoms with E-state index in [4.69, 9.17) is 0 Å². The lowest BCUT2D eigenvalue weighted by molar-refractivity contribution is -0.128.